The monoisotopic (exact) mass is 194 g/mol. The summed E-state index contributed by atoms with van der Waals surface area (Å²) < 4.78 is 0. The van der Waals surface area contributed by atoms with Crippen LogP contribution in [0, 0.1) is 5.92 Å². The minimum absolute atomic E-state index is 0.722. The van der Waals surface area contributed by atoms with Gasteiger partial charge in [0.25, 0.3) is 0 Å². The normalized spacial score (nSPS) is 15.8. The fourth-order valence-electron chi connectivity index (χ4n) is 1.46. The standard InChI is InChI=1S/C11H11ClO/c12-11-4-3-9(7-13)6-10(11)5-8-1-2-8/h3-4,6-8H,1-2,5H2. The number of carbonyl (C=O) groups excluding carboxylic acids is 1. The van der Waals surface area contributed by atoms with E-state index in [4.69, 9.17) is 11.6 Å². The Hall–Kier alpha value is -0.820. The summed E-state index contributed by atoms with van der Waals surface area (Å²) in [6.45, 7) is 0. The Morgan fingerprint density at radius 1 is 1.46 bits per heavy atom. The first kappa shape index (κ1) is 8.76. The van der Waals surface area contributed by atoms with E-state index in [0.29, 0.717) is 0 Å². The highest BCUT2D eigenvalue weighted by atomic mass is 35.5. The van der Waals surface area contributed by atoms with Gasteiger partial charge in [-0.25, -0.2) is 0 Å². The van der Waals surface area contributed by atoms with Gasteiger partial charge in [0, 0.05) is 10.6 Å². The van der Waals surface area contributed by atoms with Crippen LogP contribution in [0.15, 0.2) is 18.2 Å². The maximum atomic E-state index is 10.5. The molecule has 1 fully saturated rings. The van der Waals surface area contributed by atoms with E-state index in [-0.39, 0.29) is 0 Å². The molecule has 0 aromatic heterocycles. The smallest absolute Gasteiger partial charge is 0.150 e. The fraction of sp³-hybridized carbons (Fsp3) is 0.364. The van der Waals surface area contributed by atoms with Crippen molar-refractivity contribution in [3.05, 3.63) is 34.3 Å². The van der Waals surface area contributed by atoms with E-state index >= 15 is 0 Å². The van der Waals surface area contributed by atoms with Crippen molar-refractivity contribution in [3.8, 4) is 0 Å². The largest absolute Gasteiger partial charge is 0.298 e. The first-order chi connectivity index (χ1) is 6.29. The zero-order valence-electron chi connectivity index (χ0n) is 7.29. The van der Waals surface area contributed by atoms with Crippen LogP contribution in [-0.4, -0.2) is 6.29 Å². The van der Waals surface area contributed by atoms with Crippen molar-refractivity contribution in [1.29, 1.82) is 0 Å². The van der Waals surface area contributed by atoms with Gasteiger partial charge in [-0.05, 0) is 42.9 Å². The van der Waals surface area contributed by atoms with Crippen molar-refractivity contribution in [2.45, 2.75) is 19.3 Å². The average Bonchev–Trinajstić information content (AvgIpc) is 2.93. The van der Waals surface area contributed by atoms with Gasteiger partial charge < -0.3 is 0 Å². The third-order valence-corrected chi connectivity index (χ3v) is 2.78. The Labute approximate surface area is 82.7 Å². The molecule has 0 atom stereocenters. The molecule has 0 bridgehead atoms. The summed E-state index contributed by atoms with van der Waals surface area (Å²) in [7, 11) is 0. The molecular weight excluding hydrogens is 184 g/mol. The summed E-state index contributed by atoms with van der Waals surface area (Å²) in [4.78, 5) is 10.5. The number of carbonyl (C=O) groups is 1. The summed E-state index contributed by atoms with van der Waals surface area (Å²) in [5.41, 5.74) is 1.84. The molecule has 2 heteroatoms. The molecule has 1 aromatic rings. The molecule has 13 heavy (non-hydrogen) atoms. The van der Waals surface area contributed by atoms with E-state index in [1.807, 2.05) is 12.1 Å². The molecule has 0 heterocycles. The van der Waals surface area contributed by atoms with Crippen molar-refractivity contribution in [2.24, 2.45) is 5.92 Å². The van der Waals surface area contributed by atoms with Gasteiger partial charge >= 0.3 is 0 Å². The number of hydrogen-bond donors (Lipinski definition) is 0. The second kappa shape index (κ2) is 3.51. The van der Waals surface area contributed by atoms with Gasteiger partial charge in [0.15, 0.2) is 0 Å². The van der Waals surface area contributed by atoms with Gasteiger partial charge in [-0.3, -0.25) is 4.79 Å². The van der Waals surface area contributed by atoms with Crippen molar-refractivity contribution in [2.75, 3.05) is 0 Å². The maximum absolute atomic E-state index is 10.5. The lowest BCUT2D eigenvalue weighted by atomic mass is 10.1. The predicted octanol–water partition coefficient (Wildman–Crippen LogP) is 3.11. The minimum atomic E-state index is 0.722. The van der Waals surface area contributed by atoms with Crippen LogP contribution in [0.5, 0.6) is 0 Å². The van der Waals surface area contributed by atoms with E-state index in [2.05, 4.69) is 0 Å². The molecule has 1 aromatic carbocycles. The lowest BCUT2D eigenvalue weighted by Gasteiger charge is -2.03. The van der Waals surface area contributed by atoms with Crippen LogP contribution in [-0.2, 0) is 6.42 Å². The molecule has 2 rings (SSSR count). The SMILES string of the molecule is O=Cc1ccc(Cl)c(CC2CC2)c1. The molecule has 68 valence electrons. The number of halogens is 1. The van der Waals surface area contributed by atoms with Crippen LogP contribution in [0.2, 0.25) is 5.02 Å². The minimum Gasteiger partial charge on any atom is -0.298 e. The van der Waals surface area contributed by atoms with E-state index < -0.39 is 0 Å². The Bertz CT molecular complexity index is 329. The zero-order valence-corrected chi connectivity index (χ0v) is 8.05. The highest BCUT2D eigenvalue weighted by Gasteiger charge is 2.22. The van der Waals surface area contributed by atoms with Crippen molar-refractivity contribution >= 4 is 17.9 Å². The van der Waals surface area contributed by atoms with Crippen LogP contribution in [0.4, 0.5) is 0 Å². The lowest BCUT2D eigenvalue weighted by Crippen LogP contribution is -1.90. The Morgan fingerprint density at radius 3 is 2.85 bits per heavy atom. The van der Waals surface area contributed by atoms with Gasteiger partial charge in [-0.1, -0.05) is 17.7 Å². The summed E-state index contributed by atoms with van der Waals surface area (Å²) in [6.07, 6.45) is 4.51. The van der Waals surface area contributed by atoms with Crippen LogP contribution < -0.4 is 0 Å². The molecule has 1 nitrogen and oxygen atoms in total. The summed E-state index contributed by atoms with van der Waals surface area (Å²) in [6, 6.07) is 5.46. The number of benzene rings is 1. The predicted molar refractivity (Wildman–Crippen MR) is 53.3 cm³/mol. The lowest BCUT2D eigenvalue weighted by molar-refractivity contribution is 0.112. The molecule has 0 N–H and O–H groups in total. The van der Waals surface area contributed by atoms with Gasteiger partial charge in [0.05, 0.1) is 0 Å². The quantitative estimate of drug-likeness (QED) is 0.676. The molecule has 0 aliphatic heterocycles. The van der Waals surface area contributed by atoms with Gasteiger partial charge in [-0.2, -0.15) is 0 Å². The van der Waals surface area contributed by atoms with Crippen LogP contribution in [0.3, 0.4) is 0 Å². The number of rotatable bonds is 3. The second-order valence-electron chi connectivity index (χ2n) is 3.62. The van der Waals surface area contributed by atoms with Crippen molar-refractivity contribution < 1.29 is 4.79 Å². The molecule has 1 aliphatic rings. The summed E-state index contributed by atoms with van der Waals surface area (Å²) in [5, 5.41) is 0.789. The topological polar surface area (TPSA) is 17.1 Å². The van der Waals surface area contributed by atoms with Crippen LogP contribution in [0.1, 0.15) is 28.8 Å². The second-order valence-corrected chi connectivity index (χ2v) is 4.02. The van der Waals surface area contributed by atoms with E-state index in [0.717, 1.165) is 34.8 Å². The van der Waals surface area contributed by atoms with Crippen LogP contribution >= 0.6 is 11.6 Å². The first-order valence-electron chi connectivity index (χ1n) is 4.53. The number of hydrogen-bond acceptors (Lipinski definition) is 1. The van der Waals surface area contributed by atoms with E-state index in [9.17, 15) is 4.79 Å². The zero-order chi connectivity index (χ0) is 9.26. The van der Waals surface area contributed by atoms with Gasteiger partial charge in [-0.15, -0.1) is 0 Å². The maximum Gasteiger partial charge on any atom is 0.150 e. The molecule has 0 spiro atoms. The highest BCUT2D eigenvalue weighted by Crippen LogP contribution is 2.34. The molecule has 0 amide bonds. The first-order valence-corrected chi connectivity index (χ1v) is 4.91. The highest BCUT2D eigenvalue weighted by molar-refractivity contribution is 6.31. The molecule has 1 saturated carbocycles. The van der Waals surface area contributed by atoms with E-state index in [1.165, 1.54) is 12.8 Å². The molecule has 0 unspecified atom stereocenters. The van der Waals surface area contributed by atoms with Gasteiger partial charge in [0.2, 0.25) is 0 Å². The third-order valence-electron chi connectivity index (χ3n) is 2.41. The van der Waals surface area contributed by atoms with E-state index in [1.54, 1.807) is 6.07 Å². The van der Waals surface area contributed by atoms with Gasteiger partial charge in [0.1, 0.15) is 6.29 Å². The number of aldehydes is 1. The third kappa shape index (κ3) is 2.10. The average molecular weight is 195 g/mol. The van der Waals surface area contributed by atoms with Crippen molar-refractivity contribution in [3.63, 3.8) is 0 Å². The Balaban J connectivity index is 2.24. The molecule has 0 saturated heterocycles. The van der Waals surface area contributed by atoms with Crippen LogP contribution in [0.25, 0.3) is 0 Å². The Kier molecular flexibility index (Phi) is 2.36. The molecular formula is C11H11ClO. The fourth-order valence-corrected chi connectivity index (χ4v) is 1.65. The molecule has 0 radical (unpaired) electrons. The van der Waals surface area contributed by atoms with Crippen molar-refractivity contribution in [1.82, 2.24) is 0 Å². The summed E-state index contributed by atoms with van der Waals surface area (Å²) in [5.74, 6) is 0.805. The summed E-state index contributed by atoms with van der Waals surface area (Å²) >= 11 is 6.01. The molecule has 1 aliphatic carbocycles. The Morgan fingerprint density at radius 2 is 2.23 bits per heavy atom.